The molecule has 0 aromatic heterocycles. The molecule has 0 fully saturated rings. The van der Waals surface area contributed by atoms with E-state index in [1.807, 2.05) is 0 Å². The molecule has 2 heteroatoms. The van der Waals surface area contributed by atoms with Crippen molar-refractivity contribution in [1.82, 2.24) is 0 Å². The van der Waals surface area contributed by atoms with Gasteiger partial charge in [0.25, 0.3) is 0 Å². The minimum absolute atomic E-state index is 0.106. The van der Waals surface area contributed by atoms with Crippen LogP contribution >= 0.6 is 0 Å². The Kier molecular flexibility index (Phi) is 4.84. The zero-order valence-electron chi connectivity index (χ0n) is 8.26. The number of aliphatic imine (C=N–C) groups is 1. The second-order valence-electron chi connectivity index (χ2n) is 4.17. The summed E-state index contributed by atoms with van der Waals surface area (Å²) in [5.74, 6) is 0.599. The molecule has 1 unspecified atom stereocenters. The van der Waals surface area contributed by atoms with Crippen LogP contribution in [0.15, 0.2) is 4.99 Å². The molecule has 0 aliphatic carbocycles. The van der Waals surface area contributed by atoms with Crippen molar-refractivity contribution < 1.29 is 4.79 Å². The van der Waals surface area contributed by atoms with Gasteiger partial charge in [0.2, 0.25) is 6.08 Å². The molecular weight excluding hydrogens is 150 g/mol. The van der Waals surface area contributed by atoms with Crippen molar-refractivity contribution >= 4 is 6.08 Å². The predicted octanol–water partition coefficient (Wildman–Crippen LogP) is 2.60. The summed E-state index contributed by atoms with van der Waals surface area (Å²) in [6.07, 6.45) is 3.57. The molecule has 0 bridgehead atoms. The number of nitrogens with zero attached hydrogens (tertiary/aromatic N) is 1. The first kappa shape index (κ1) is 11.4. The zero-order valence-corrected chi connectivity index (χ0v) is 8.26. The van der Waals surface area contributed by atoms with Crippen LogP contribution in [0.25, 0.3) is 0 Å². The second-order valence-corrected chi connectivity index (χ2v) is 4.17. The summed E-state index contributed by atoms with van der Waals surface area (Å²) in [5, 5.41) is 0. The summed E-state index contributed by atoms with van der Waals surface area (Å²) in [7, 11) is 0. The van der Waals surface area contributed by atoms with E-state index in [-0.39, 0.29) is 5.41 Å². The highest BCUT2D eigenvalue weighted by Gasteiger charge is 2.19. The standard InChI is InChI=1S/C10H18NO/c1-5-9(2)6-10(3,4)7-11-8-12/h9H,1,5-7H2,2-4H3. The molecule has 0 N–H and O–H groups in total. The maximum Gasteiger partial charge on any atom is 0.234 e. The molecule has 69 valence electrons. The monoisotopic (exact) mass is 168 g/mol. The van der Waals surface area contributed by atoms with Gasteiger partial charge in [0.15, 0.2) is 0 Å². The van der Waals surface area contributed by atoms with Crippen LogP contribution in [-0.4, -0.2) is 12.6 Å². The Labute approximate surface area is 75.1 Å². The van der Waals surface area contributed by atoms with Gasteiger partial charge in [-0.15, -0.1) is 0 Å². The lowest BCUT2D eigenvalue weighted by molar-refractivity contribution is 0.287. The van der Waals surface area contributed by atoms with E-state index in [1.165, 1.54) is 0 Å². The van der Waals surface area contributed by atoms with Gasteiger partial charge >= 0.3 is 0 Å². The average Bonchev–Trinajstić information content (AvgIpc) is 2.00. The van der Waals surface area contributed by atoms with Crippen molar-refractivity contribution in [2.45, 2.75) is 33.6 Å². The van der Waals surface area contributed by atoms with Crippen LogP contribution < -0.4 is 0 Å². The van der Waals surface area contributed by atoms with Gasteiger partial charge in [0.05, 0.1) is 6.54 Å². The summed E-state index contributed by atoms with van der Waals surface area (Å²) in [5.41, 5.74) is 0.106. The Morgan fingerprint density at radius 3 is 2.58 bits per heavy atom. The van der Waals surface area contributed by atoms with Crippen molar-refractivity contribution in [2.24, 2.45) is 16.3 Å². The Hall–Kier alpha value is -0.620. The fourth-order valence-corrected chi connectivity index (χ4v) is 1.36. The molecule has 2 nitrogen and oxygen atoms in total. The van der Waals surface area contributed by atoms with Crippen LogP contribution in [-0.2, 0) is 4.79 Å². The first-order valence-electron chi connectivity index (χ1n) is 4.34. The summed E-state index contributed by atoms with van der Waals surface area (Å²) < 4.78 is 0. The van der Waals surface area contributed by atoms with Crippen molar-refractivity contribution in [3.8, 4) is 0 Å². The van der Waals surface area contributed by atoms with Crippen molar-refractivity contribution in [3.63, 3.8) is 0 Å². The van der Waals surface area contributed by atoms with Crippen molar-refractivity contribution in [2.75, 3.05) is 6.54 Å². The summed E-state index contributed by atoms with van der Waals surface area (Å²) in [6.45, 7) is 10.8. The fraction of sp³-hybridized carbons (Fsp3) is 0.800. The minimum Gasteiger partial charge on any atom is -0.211 e. The molecule has 0 aliphatic rings. The normalized spacial score (nSPS) is 13.7. The molecule has 0 saturated carbocycles. The maximum absolute atomic E-state index is 9.90. The fourth-order valence-electron chi connectivity index (χ4n) is 1.36. The third kappa shape index (κ3) is 5.09. The number of isocyanates is 1. The van der Waals surface area contributed by atoms with Crippen LogP contribution in [0.5, 0.6) is 0 Å². The van der Waals surface area contributed by atoms with Gasteiger partial charge in [-0.05, 0) is 17.8 Å². The van der Waals surface area contributed by atoms with Crippen LogP contribution in [0.2, 0.25) is 0 Å². The number of hydrogen-bond acceptors (Lipinski definition) is 2. The second kappa shape index (κ2) is 5.10. The largest absolute Gasteiger partial charge is 0.234 e. The zero-order chi connectivity index (χ0) is 9.61. The van der Waals surface area contributed by atoms with E-state index >= 15 is 0 Å². The van der Waals surface area contributed by atoms with E-state index < -0.39 is 0 Å². The summed E-state index contributed by atoms with van der Waals surface area (Å²) >= 11 is 0. The van der Waals surface area contributed by atoms with Gasteiger partial charge < -0.3 is 0 Å². The highest BCUT2D eigenvalue weighted by molar-refractivity contribution is 5.32. The molecule has 0 spiro atoms. The van der Waals surface area contributed by atoms with E-state index in [9.17, 15) is 4.79 Å². The smallest absolute Gasteiger partial charge is 0.211 e. The molecule has 0 rings (SSSR count). The molecular formula is C10H18NO. The van der Waals surface area contributed by atoms with E-state index in [0.717, 1.165) is 12.8 Å². The topological polar surface area (TPSA) is 29.4 Å². The van der Waals surface area contributed by atoms with E-state index in [4.69, 9.17) is 0 Å². The van der Waals surface area contributed by atoms with Crippen LogP contribution in [0.4, 0.5) is 0 Å². The summed E-state index contributed by atoms with van der Waals surface area (Å²) in [4.78, 5) is 13.5. The average molecular weight is 168 g/mol. The highest BCUT2D eigenvalue weighted by atomic mass is 16.1. The van der Waals surface area contributed by atoms with Crippen LogP contribution in [0.3, 0.4) is 0 Å². The molecule has 0 aliphatic heterocycles. The SMILES string of the molecule is [CH2]CC(C)CC(C)(C)CN=C=O. The third-order valence-electron chi connectivity index (χ3n) is 1.97. The summed E-state index contributed by atoms with van der Waals surface area (Å²) in [6, 6.07) is 0. The molecule has 0 aromatic rings. The Bertz CT molecular complexity index is 169. The number of carbonyl (C=O) groups excluding carboxylic acids is 1. The molecule has 1 radical (unpaired) electrons. The van der Waals surface area contributed by atoms with Gasteiger partial charge in [-0.1, -0.05) is 34.1 Å². The third-order valence-corrected chi connectivity index (χ3v) is 1.97. The lowest BCUT2D eigenvalue weighted by Crippen LogP contribution is -2.18. The van der Waals surface area contributed by atoms with E-state index in [2.05, 4.69) is 32.7 Å². The highest BCUT2D eigenvalue weighted by Crippen LogP contribution is 2.26. The molecule has 0 heterocycles. The van der Waals surface area contributed by atoms with Gasteiger partial charge in [-0.25, -0.2) is 9.79 Å². The quantitative estimate of drug-likeness (QED) is 0.458. The van der Waals surface area contributed by atoms with Gasteiger partial charge in [0, 0.05) is 0 Å². The van der Waals surface area contributed by atoms with E-state index in [0.29, 0.717) is 12.5 Å². The Morgan fingerprint density at radius 1 is 1.58 bits per heavy atom. The Balaban J connectivity index is 3.93. The molecule has 1 atom stereocenters. The van der Waals surface area contributed by atoms with E-state index in [1.54, 1.807) is 6.08 Å². The maximum atomic E-state index is 9.90. The van der Waals surface area contributed by atoms with Gasteiger partial charge in [-0.3, -0.25) is 0 Å². The first-order chi connectivity index (χ1) is 5.52. The molecule has 0 saturated heterocycles. The number of rotatable bonds is 5. The molecule has 0 aromatic carbocycles. The first-order valence-corrected chi connectivity index (χ1v) is 4.34. The lowest BCUT2D eigenvalue weighted by Gasteiger charge is -2.24. The minimum atomic E-state index is 0.106. The predicted molar refractivity (Wildman–Crippen MR) is 50.5 cm³/mol. The van der Waals surface area contributed by atoms with Gasteiger partial charge in [-0.2, -0.15) is 0 Å². The van der Waals surface area contributed by atoms with Crippen molar-refractivity contribution in [3.05, 3.63) is 6.92 Å². The number of hydrogen-bond donors (Lipinski definition) is 0. The van der Waals surface area contributed by atoms with Crippen molar-refractivity contribution in [1.29, 1.82) is 0 Å². The van der Waals surface area contributed by atoms with Crippen LogP contribution in [0.1, 0.15) is 33.6 Å². The van der Waals surface area contributed by atoms with Gasteiger partial charge in [0.1, 0.15) is 0 Å². The lowest BCUT2D eigenvalue weighted by atomic mass is 9.82. The molecule has 12 heavy (non-hydrogen) atoms. The Morgan fingerprint density at radius 2 is 2.17 bits per heavy atom. The van der Waals surface area contributed by atoms with Crippen LogP contribution in [0, 0.1) is 18.3 Å². The molecule has 0 amide bonds.